The molecule has 0 spiro atoms. The number of nitrogens with zero attached hydrogens (tertiary/aromatic N) is 5. The summed E-state index contributed by atoms with van der Waals surface area (Å²) in [5.74, 6) is 0.731. The monoisotopic (exact) mass is 301 g/mol. The molecular weight excluding hydrogens is 286 g/mol. The molecular formula is C14H15N5OS. The van der Waals surface area contributed by atoms with Crippen molar-refractivity contribution in [1.29, 1.82) is 0 Å². The average Bonchev–Trinajstić information content (AvgIpc) is 3.21. The molecule has 0 atom stereocenters. The quantitative estimate of drug-likeness (QED) is 0.744. The lowest BCUT2D eigenvalue weighted by molar-refractivity contribution is 0.413. The SMILES string of the molecule is COc1cncc(-c2cn3nc(N4CCCC4)sc3n2)c1. The van der Waals surface area contributed by atoms with E-state index in [9.17, 15) is 0 Å². The average molecular weight is 301 g/mol. The Morgan fingerprint density at radius 1 is 1.24 bits per heavy atom. The van der Waals surface area contributed by atoms with Gasteiger partial charge >= 0.3 is 0 Å². The Hall–Kier alpha value is -2.15. The predicted molar refractivity (Wildman–Crippen MR) is 82.1 cm³/mol. The van der Waals surface area contributed by atoms with Gasteiger partial charge in [-0.15, -0.1) is 5.10 Å². The first-order valence-electron chi connectivity index (χ1n) is 6.94. The van der Waals surface area contributed by atoms with E-state index >= 15 is 0 Å². The summed E-state index contributed by atoms with van der Waals surface area (Å²) < 4.78 is 7.06. The van der Waals surface area contributed by atoms with Crippen molar-refractivity contribution in [3.05, 3.63) is 24.7 Å². The molecule has 7 heteroatoms. The zero-order valence-electron chi connectivity index (χ0n) is 11.7. The van der Waals surface area contributed by atoms with Crippen LogP contribution in [0.5, 0.6) is 5.75 Å². The van der Waals surface area contributed by atoms with Crippen molar-refractivity contribution in [3.63, 3.8) is 0 Å². The second kappa shape index (κ2) is 5.00. The third-order valence-corrected chi connectivity index (χ3v) is 4.64. The third-order valence-electron chi connectivity index (χ3n) is 3.65. The van der Waals surface area contributed by atoms with E-state index in [-0.39, 0.29) is 0 Å². The molecule has 3 aromatic heterocycles. The van der Waals surface area contributed by atoms with Crippen LogP contribution in [0.15, 0.2) is 24.7 Å². The van der Waals surface area contributed by atoms with Gasteiger partial charge in [-0.25, -0.2) is 9.50 Å². The first kappa shape index (κ1) is 12.6. The Morgan fingerprint density at radius 3 is 2.86 bits per heavy atom. The van der Waals surface area contributed by atoms with Crippen LogP contribution >= 0.6 is 11.3 Å². The summed E-state index contributed by atoms with van der Waals surface area (Å²) in [4.78, 5) is 12.1. The first-order valence-corrected chi connectivity index (χ1v) is 7.76. The van der Waals surface area contributed by atoms with E-state index in [0.29, 0.717) is 0 Å². The number of rotatable bonds is 3. The fourth-order valence-corrected chi connectivity index (χ4v) is 3.47. The number of hydrogen-bond acceptors (Lipinski definition) is 6. The Bertz CT molecular complexity index is 743. The minimum atomic E-state index is 0.731. The summed E-state index contributed by atoms with van der Waals surface area (Å²) in [6.07, 6.45) is 7.93. The molecule has 1 aliphatic heterocycles. The van der Waals surface area contributed by atoms with Crippen LogP contribution in [-0.2, 0) is 0 Å². The zero-order valence-corrected chi connectivity index (χ0v) is 12.5. The summed E-state index contributed by atoms with van der Waals surface area (Å²) in [7, 11) is 1.64. The summed E-state index contributed by atoms with van der Waals surface area (Å²) in [5, 5.41) is 5.69. The number of imidazole rings is 1. The molecule has 0 saturated carbocycles. The fraction of sp³-hybridized carbons (Fsp3) is 0.357. The summed E-state index contributed by atoms with van der Waals surface area (Å²) in [5.41, 5.74) is 1.81. The topological polar surface area (TPSA) is 55.6 Å². The van der Waals surface area contributed by atoms with E-state index in [4.69, 9.17) is 4.74 Å². The molecule has 108 valence electrons. The van der Waals surface area contributed by atoms with Gasteiger partial charge in [0.15, 0.2) is 0 Å². The van der Waals surface area contributed by atoms with Crippen LogP contribution in [0, 0.1) is 0 Å². The Labute approximate surface area is 126 Å². The molecule has 0 bridgehead atoms. The number of aromatic nitrogens is 4. The van der Waals surface area contributed by atoms with E-state index < -0.39 is 0 Å². The van der Waals surface area contributed by atoms with Crippen molar-refractivity contribution in [2.75, 3.05) is 25.1 Å². The van der Waals surface area contributed by atoms with Gasteiger partial charge in [0.1, 0.15) is 5.75 Å². The van der Waals surface area contributed by atoms with Crippen molar-refractivity contribution in [3.8, 4) is 17.0 Å². The largest absolute Gasteiger partial charge is 0.495 e. The lowest BCUT2D eigenvalue weighted by Gasteiger charge is -2.11. The highest BCUT2D eigenvalue weighted by Crippen LogP contribution is 2.29. The highest BCUT2D eigenvalue weighted by atomic mass is 32.1. The zero-order chi connectivity index (χ0) is 14.2. The number of ether oxygens (including phenoxy) is 1. The molecule has 0 amide bonds. The smallest absolute Gasteiger partial charge is 0.214 e. The van der Waals surface area contributed by atoms with Crippen LogP contribution in [-0.4, -0.2) is 39.8 Å². The predicted octanol–water partition coefficient (Wildman–Crippen LogP) is 2.46. The molecule has 4 heterocycles. The summed E-state index contributed by atoms with van der Waals surface area (Å²) in [6, 6.07) is 1.93. The fourth-order valence-electron chi connectivity index (χ4n) is 2.54. The summed E-state index contributed by atoms with van der Waals surface area (Å²) in [6.45, 7) is 2.20. The van der Waals surface area contributed by atoms with E-state index in [1.807, 2.05) is 16.8 Å². The summed E-state index contributed by atoms with van der Waals surface area (Å²) >= 11 is 1.63. The van der Waals surface area contributed by atoms with Crippen molar-refractivity contribution in [2.45, 2.75) is 12.8 Å². The van der Waals surface area contributed by atoms with Crippen molar-refractivity contribution < 1.29 is 4.74 Å². The van der Waals surface area contributed by atoms with Gasteiger partial charge < -0.3 is 9.64 Å². The van der Waals surface area contributed by atoms with Gasteiger partial charge in [0.2, 0.25) is 10.1 Å². The van der Waals surface area contributed by atoms with E-state index in [1.54, 1.807) is 30.8 Å². The maximum Gasteiger partial charge on any atom is 0.214 e. The highest BCUT2D eigenvalue weighted by Gasteiger charge is 2.18. The minimum absolute atomic E-state index is 0.731. The van der Waals surface area contributed by atoms with Crippen LogP contribution in [0.3, 0.4) is 0 Å². The standard InChI is InChI=1S/C14H15N5OS/c1-20-11-6-10(7-15-8-11)12-9-19-13(16-12)21-14(17-19)18-4-2-3-5-18/h6-9H,2-5H2,1H3. The number of methoxy groups -OCH3 is 1. The van der Waals surface area contributed by atoms with E-state index in [2.05, 4.69) is 20.0 Å². The van der Waals surface area contributed by atoms with Gasteiger partial charge in [-0.2, -0.15) is 0 Å². The maximum atomic E-state index is 5.20. The van der Waals surface area contributed by atoms with Crippen LogP contribution in [0.1, 0.15) is 12.8 Å². The highest BCUT2D eigenvalue weighted by molar-refractivity contribution is 7.20. The molecule has 3 aromatic rings. The van der Waals surface area contributed by atoms with Crippen LogP contribution in [0.2, 0.25) is 0 Å². The first-order chi connectivity index (χ1) is 10.3. The molecule has 21 heavy (non-hydrogen) atoms. The molecule has 1 fully saturated rings. The van der Waals surface area contributed by atoms with Crippen LogP contribution < -0.4 is 9.64 Å². The third kappa shape index (κ3) is 2.23. The number of hydrogen-bond donors (Lipinski definition) is 0. The van der Waals surface area contributed by atoms with Gasteiger partial charge in [0, 0.05) is 24.8 Å². The molecule has 1 aliphatic rings. The number of anilines is 1. The normalized spacial score (nSPS) is 15.0. The molecule has 0 unspecified atom stereocenters. The molecule has 1 saturated heterocycles. The Kier molecular flexibility index (Phi) is 2.99. The Balaban J connectivity index is 1.69. The second-order valence-electron chi connectivity index (χ2n) is 5.05. The van der Waals surface area contributed by atoms with Crippen LogP contribution in [0.4, 0.5) is 5.13 Å². The van der Waals surface area contributed by atoms with Crippen molar-refractivity contribution in [1.82, 2.24) is 19.6 Å². The van der Waals surface area contributed by atoms with E-state index in [0.717, 1.165) is 40.2 Å². The van der Waals surface area contributed by atoms with Gasteiger partial charge in [-0.05, 0) is 18.9 Å². The molecule has 4 rings (SSSR count). The van der Waals surface area contributed by atoms with Gasteiger partial charge in [-0.3, -0.25) is 4.98 Å². The van der Waals surface area contributed by atoms with Gasteiger partial charge in [0.25, 0.3) is 0 Å². The van der Waals surface area contributed by atoms with Gasteiger partial charge in [-0.1, -0.05) is 11.3 Å². The Morgan fingerprint density at radius 2 is 2.10 bits per heavy atom. The minimum Gasteiger partial charge on any atom is -0.495 e. The molecule has 0 aromatic carbocycles. The maximum absolute atomic E-state index is 5.20. The lowest BCUT2D eigenvalue weighted by Crippen LogP contribution is -2.17. The van der Waals surface area contributed by atoms with Crippen molar-refractivity contribution >= 4 is 21.4 Å². The lowest BCUT2D eigenvalue weighted by atomic mass is 10.2. The molecule has 0 radical (unpaired) electrons. The van der Waals surface area contributed by atoms with E-state index in [1.165, 1.54) is 12.8 Å². The second-order valence-corrected chi connectivity index (χ2v) is 5.98. The molecule has 6 nitrogen and oxygen atoms in total. The molecule has 0 N–H and O–H groups in total. The number of fused-ring (bicyclic) bond motifs is 1. The molecule has 0 aliphatic carbocycles. The number of pyridine rings is 1. The van der Waals surface area contributed by atoms with Crippen LogP contribution in [0.25, 0.3) is 16.2 Å². The van der Waals surface area contributed by atoms with Gasteiger partial charge in [0.05, 0.1) is 25.2 Å². The van der Waals surface area contributed by atoms with Crippen molar-refractivity contribution in [2.24, 2.45) is 0 Å².